The van der Waals surface area contributed by atoms with E-state index in [4.69, 9.17) is 14.6 Å². The SMILES string of the molecule is CCCC=COC1OC(CO)C(O)C(O)C1O. The highest BCUT2D eigenvalue weighted by Gasteiger charge is 2.44. The van der Waals surface area contributed by atoms with Gasteiger partial charge in [-0.3, -0.25) is 0 Å². The van der Waals surface area contributed by atoms with E-state index in [-0.39, 0.29) is 0 Å². The third-order valence-electron chi connectivity index (χ3n) is 2.61. The zero-order valence-electron chi connectivity index (χ0n) is 9.77. The molecule has 5 unspecified atom stereocenters. The van der Waals surface area contributed by atoms with Gasteiger partial charge in [-0.15, -0.1) is 0 Å². The molecule has 0 radical (unpaired) electrons. The first-order valence-electron chi connectivity index (χ1n) is 5.72. The van der Waals surface area contributed by atoms with E-state index >= 15 is 0 Å². The summed E-state index contributed by atoms with van der Waals surface area (Å²) in [6, 6.07) is 0. The number of ether oxygens (including phenoxy) is 2. The Kier molecular flexibility index (Phi) is 5.87. The Bertz CT molecular complexity index is 242. The van der Waals surface area contributed by atoms with Crippen LogP contribution in [0.1, 0.15) is 19.8 Å². The molecule has 1 heterocycles. The van der Waals surface area contributed by atoms with Crippen molar-refractivity contribution < 1.29 is 29.9 Å². The first-order chi connectivity index (χ1) is 8.11. The molecule has 0 aromatic rings. The van der Waals surface area contributed by atoms with Crippen LogP contribution in [0.15, 0.2) is 12.3 Å². The number of rotatable bonds is 5. The van der Waals surface area contributed by atoms with E-state index in [0.717, 1.165) is 12.8 Å². The molecule has 1 aliphatic heterocycles. The molecule has 1 fully saturated rings. The Hall–Kier alpha value is -0.660. The van der Waals surface area contributed by atoms with Crippen LogP contribution in [-0.2, 0) is 9.47 Å². The van der Waals surface area contributed by atoms with Crippen molar-refractivity contribution in [1.29, 1.82) is 0 Å². The van der Waals surface area contributed by atoms with Crippen LogP contribution < -0.4 is 0 Å². The Morgan fingerprint density at radius 2 is 1.88 bits per heavy atom. The number of unbranched alkanes of at least 4 members (excludes halogenated alkanes) is 1. The van der Waals surface area contributed by atoms with Gasteiger partial charge in [0.2, 0.25) is 6.29 Å². The second-order valence-electron chi connectivity index (χ2n) is 3.99. The summed E-state index contributed by atoms with van der Waals surface area (Å²) >= 11 is 0. The molecule has 0 saturated carbocycles. The van der Waals surface area contributed by atoms with Gasteiger partial charge >= 0.3 is 0 Å². The van der Waals surface area contributed by atoms with Gasteiger partial charge in [-0.05, 0) is 12.5 Å². The minimum absolute atomic E-state index is 0.455. The van der Waals surface area contributed by atoms with Crippen molar-refractivity contribution >= 4 is 0 Å². The molecule has 0 aromatic heterocycles. The maximum Gasteiger partial charge on any atom is 0.228 e. The van der Waals surface area contributed by atoms with Gasteiger partial charge in [0, 0.05) is 0 Å². The zero-order chi connectivity index (χ0) is 12.8. The van der Waals surface area contributed by atoms with E-state index in [1.54, 1.807) is 6.08 Å². The van der Waals surface area contributed by atoms with Crippen molar-refractivity contribution in [3.8, 4) is 0 Å². The Morgan fingerprint density at radius 1 is 1.18 bits per heavy atom. The van der Waals surface area contributed by atoms with E-state index < -0.39 is 37.3 Å². The largest absolute Gasteiger partial charge is 0.470 e. The van der Waals surface area contributed by atoms with Gasteiger partial charge in [0.15, 0.2) is 0 Å². The molecule has 5 atom stereocenters. The normalized spacial score (nSPS) is 38.5. The van der Waals surface area contributed by atoms with Gasteiger partial charge in [0.25, 0.3) is 0 Å². The van der Waals surface area contributed by atoms with Crippen molar-refractivity contribution in [1.82, 2.24) is 0 Å². The second-order valence-corrected chi connectivity index (χ2v) is 3.99. The summed E-state index contributed by atoms with van der Waals surface area (Å²) in [6.07, 6.45) is -1.17. The fourth-order valence-corrected chi connectivity index (χ4v) is 1.55. The summed E-state index contributed by atoms with van der Waals surface area (Å²) in [5.41, 5.74) is 0. The molecule has 0 aromatic carbocycles. The van der Waals surface area contributed by atoms with Crippen LogP contribution in [0.5, 0.6) is 0 Å². The second kappa shape index (κ2) is 6.93. The molecule has 0 bridgehead atoms. The lowest BCUT2D eigenvalue weighted by Crippen LogP contribution is -2.58. The quantitative estimate of drug-likeness (QED) is 0.471. The molecule has 6 nitrogen and oxygen atoms in total. The Balaban J connectivity index is 2.53. The molecule has 0 spiro atoms. The van der Waals surface area contributed by atoms with Crippen LogP contribution in [0.4, 0.5) is 0 Å². The fourth-order valence-electron chi connectivity index (χ4n) is 1.55. The fraction of sp³-hybridized carbons (Fsp3) is 0.818. The maximum atomic E-state index is 9.60. The van der Waals surface area contributed by atoms with Crippen molar-refractivity contribution in [3.63, 3.8) is 0 Å². The third-order valence-corrected chi connectivity index (χ3v) is 2.61. The Morgan fingerprint density at radius 3 is 2.47 bits per heavy atom. The van der Waals surface area contributed by atoms with E-state index in [9.17, 15) is 15.3 Å². The summed E-state index contributed by atoms with van der Waals surface area (Å²) in [5.74, 6) is 0. The summed E-state index contributed by atoms with van der Waals surface area (Å²) in [6.45, 7) is 1.56. The first kappa shape index (κ1) is 14.4. The van der Waals surface area contributed by atoms with Crippen molar-refractivity contribution in [2.75, 3.05) is 6.61 Å². The van der Waals surface area contributed by atoms with E-state index in [0.29, 0.717) is 0 Å². The molecule has 1 saturated heterocycles. The van der Waals surface area contributed by atoms with Crippen molar-refractivity contribution in [2.24, 2.45) is 0 Å². The highest BCUT2D eigenvalue weighted by atomic mass is 16.7. The van der Waals surface area contributed by atoms with Crippen LogP contribution in [0.3, 0.4) is 0 Å². The monoisotopic (exact) mass is 248 g/mol. The van der Waals surface area contributed by atoms with E-state index in [1.807, 2.05) is 6.92 Å². The molecule has 17 heavy (non-hydrogen) atoms. The van der Waals surface area contributed by atoms with Crippen LogP contribution in [0, 0.1) is 0 Å². The molecule has 6 heteroatoms. The predicted octanol–water partition coefficient (Wildman–Crippen LogP) is -0.883. The lowest BCUT2D eigenvalue weighted by atomic mass is 9.99. The molecule has 1 rings (SSSR count). The van der Waals surface area contributed by atoms with E-state index in [2.05, 4.69) is 0 Å². The highest BCUT2D eigenvalue weighted by molar-refractivity contribution is 4.89. The average molecular weight is 248 g/mol. The molecule has 0 aliphatic carbocycles. The summed E-state index contributed by atoms with van der Waals surface area (Å²) < 4.78 is 10.2. The number of allylic oxidation sites excluding steroid dienone is 1. The molecule has 0 amide bonds. The van der Waals surface area contributed by atoms with Crippen LogP contribution in [0.2, 0.25) is 0 Å². The van der Waals surface area contributed by atoms with Gasteiger partial charge in [-0.25, -0.2) is 0 Å². The van der Waals surface area contributed by atoms with Crippen LogP contribution in [-0.4, -0.2) is 57.7 Å². The number of hydrogen-bond donors (Lipinski definition) is 4. The first-order valence-corrected chi connectivity index (χ1v) is 5.72. The summed E-state index contributed by atoms with van der Waals surface area (Å²) in [7, 11) is 0. The summed E-state index contributed by atoms with van der Waals surface area (Å²) in [5, 5.41) is 37.5. The molecule has 1 aliphatic rings. The van der Waals surface area contributed by atoms with Crippen LogP contribution >= 0.6 is 0 Å². The standard InChI is InChI=1S/C11H20O6/c1-2-3-4-5-16-11-10(15)9(14)8(13)7(6-12)17-11/h4-5,7-15H,2-3,6H2,1H3. The zero-order valence-corrected chi connectivity index (χ0v) is 9.77. The van der Waals surface area contributed by atoms with Crippen molar-refractivity contribution in [2.45, 2.75) is 50.5 Å². The third kappa shape index (κ3) is 3.65. The maximum absolute atomic E-state index is 9.60. The topological polar surface area (TPSA) is 99.4 Å². The van der Waals surface area contributed by atoms with Gasteiger partial charge in [0.05, 0.1) is 12.9 Å². The molecular formula is C11H20O6. The van der Waals surface area contributed by atoms with Gasteiger partial charge < -0.3 is 29.9 Å². The minimum Gasteiger partial charge on any atom is -0.470 e. The molecular weight excluding hydrogens is 228 g/mol. The minimum atomic E-state index is -1.40. The van der Waals surface area contributed by atoms with Crippen molar-refractivity contribution in [3.05, 3.63) is 12.3 Å². The number of aliphatic hydroxyl groups excluding tert-OH is 4. The van der Waals surface area contributed by atoms with Gasteiger partial charge in [-0.1, -0.05) is 13.3 Å². The van der Waals surface area contributed by atoms with Crippen LogP contribution in [0.25, 0.3) is 0 Å². The molecule has 4 N–H and O–H groups in total. The highest BCUT2D eigenvalue weighted by Crippen LogP contribution is 2.22. The Labute approximate surface area is 100 Å². The van der Waals surface area contributed by atoms with E-state index in [1.165, 1.54) is 6.26 Å². The number of aliphatic hydroxyl groups is 4. The van der Waals surface area contributed by atoms with Gasteiger partial charge in [0.1, 0.15) is 24.4 Å². The lowest BCUT2D eigenvalue weighted by molar-refractivity contribution is -0.287. The smallest absolute Gasteiger partial charge is 0.228 e. The summed E-state index contributed by atoms with van der Waals surface area (Å²) in [4.78, 5) is 0. The number of hydrogen-bond acceptors (Lipinski definition) is 6. The lowest BCUT2D eigenvalue weighted by Gasteiger charge is -2.39. The average Bonchev–Trinajstić information content (AvgIpc) is 2.34. The molecule has 100 valence electrons. The van der Waals surface area contributed by atoms with Gasteiger partial charge in [-0.2, -0.15) is 0 Å². The predicted molar refractivity (Wildman–Crippen MR) is 58.9 cm³/mol.